The molecule has 1 aromatic heterocycles. The molecule has 0 aliphatic heterocycles. The maximum absolute atomic E-state index is 6.74. The highest BCUT2D eigenvalue weighted by atomic mass is 16.3. The molecule has 34 heavy (non-hydrogen) atoms. The first-order valence-electron chi connectivity index (χ1n) is 11.5. The number of fused-ring (bicyclic) bond motifs is 5. The van der Waals surface area contributed by atoms with Crippen LogP contribution in [-0.2, 0) is 0 Å². The third-order valence-electron chi connectivity index (χ3n) is 6.63. The van der Waals surface area contributed by atoms with Gasteiger partial charge in [0.15, 0.2) is 5.58 Å². The second kappa shape index (κ2) is 7.50. The molecule has 7 rings (SSSR count). The van der Waals surface area contributed by atoms with E-state index in [-0.39, 0.29) is 0 Å². The van der Waals surface area contributed by atoms with Gasteiger partial charge in [-0.05, 0) is 39.9 Å². The summed E-state index contributed by atoms with van der Waals surface area (Å²) in [5, 5.41) is 10.7. The van der Waals surface area contributed by atoms with Crippen LogP contribution in [0.3, 0.4) is 0 Å². The van der Waals surface area contributed by atoms with Crippen molar-refractivity contribution in [3.63, 3.8) is 0 Å². The summed E-state index contributed by atoms with van der Waals surface area (Å²) in [6, 6.07) is 42.5. The lowest BCUT2D eigenvalue weighted by atomic mass is 9.96. The van der Waals surface area contributed by atoms with Crippen LogP contribution in [-0.4, -0.2) is 0 Å². The average molecular weight is 436 g/mol. The molecule has 0 aliphatic carbocycles. The number of nitrogens with one attached hydrogen (secondary N) is 1. The van der Waals surface area contributed by atoms with Crippen molar-refractivity contribution < 1.29 is 4.42 Å². The molecule has 0 fully saturated rings. The van der Waals surface area contributed by atoms with E-state index in [1.54, 1.807) is 0 Å². The molecule has 2 heteroatoms. The number of anilines is 2. The van der Waals surface area contributed by atoms with E-state index in [2.05, 4.69) is 108 Å². The normalized spacial score (nSPS) is 11.5. The quantitative estimate of drug-likeness (QED) is 0.299. The van der Waals surface area contributed by atoms with Gasteiger partial charge < -0.3 is 9.73 Å². The molecule has 160 valence electrons. The molecular formula is C32H21NO. The average Bonchev–Trinajstić information content (AvgIpc) is 3.27. The Bertz CT molecular complexity index is 1820. The van der Waals surface area contributed by atoms with Gasteiger partial charge in [-0.3, -0.25) is 0 Å². The highest BCUT2D eigenvalue weighted by molar-refractivity contribution is 6.20. The Morgan fingerprint density at radius 3 is 1.97 bits per heavy atom. The lowest BCUT2D eigenvalue weighted by Gasteiger charge is -2.11. The number of hydrogen-bond acceptors (Lipinski definition) is 2. The van der Waals surface area contributed by atoms with Gasteiger partial charge >= 0.3 is 0 Å². The van der Waals surface area contributed by atoms with E-state index < -0.39 is 0 Å². The molecule has 0 bridgehead atoms. The molecule has 0 spiro atoms. The molecule has 0 radical (unpaired) electrons. The van der Waals surface area contributed by atoms with E-state index in [0.717, 1.165) is 44.3 Å². The summed E-state index contributed by atoms with van der Waals surface area (Å²) >= 11 is 0. The lowest BCUT2D eigenvalue weighted by molar-refractivity contribution is 0.671. The lowest BCUT2D eigenvalue weighted by Crippen LogP contribution is -1.92. The van der Waals surface area contributed by atoms with Gasteiger partial charge in [0.1, 0.15) is 5.58 Å². The summed E-state index contributed by atoms with van der Waals surface area (Å²) in [4.78, 5) is 0. The van der Waals surface area contributed by atoms with Crippen LogP contribution >= 0.6 is 0 Å². The van der Waals surface area contributed by atoms with Crippen molar-refractivity contribution in [3.8, 4) is 11.1 Å². The maximum Gasteiger partial charge on any atom is 0.159 e. The summed E-state index contributed by atoms with van der Waals surface area (Å²) in [5.41, 5.74) is 6.13. The Hall–Kier alpha value is -4.56. The van der Waals surface area contributed by atoms with Crippen LogP contribution in [0.5, 0.6) is 0 Å². The zero-order valence-corrected chi connectivity index (χ0v) is 18.5. The fourth-order valence-corrected chi connectivity index (χ4v) is 5.06. The van der Waals surface area contributed by atoms with E-state index in [1.807, 2.05) is 18.2 Å². The third-order valence-corrected chi connectivity index (χ3v) is 6.63. The molecule has 0 saturated heterocycles. The topological polar surface area (TPSA) is 25.2 Å². The van der Waals surface area contributed by atoms with Crippen LogP contribution < -0.4 is 5.32 Å². The first-order chi connectivity index (χ1) is 16.9. The molecule has 6 aromatic carbocycles. The largest absolute Gasteiger partial charge is 0.453 e. The fraction of sp³-hybridized carbons (Fsp3) is 0. The van der Waals surface area contributed by atoms with E-state index in [9.17, 15) is 0 Å². The Labute approximate surface area is 197 Å². The summed E-state index contributed by atoms with van der Waals surface area (Å²) in [6.07, 6.45) is 0. The van der Waals surface area contributed by atoms with Crippen LogP contribution in [0.15, 0.2) is 126 Å². The molecule has 0 saturated carbocycles. The molecule has 1 heterocycles. The van der Waals surface area contributed by atoms with Crippen molar-refractivity contribution >= 4 is 54.9 Å². The van der Waals surface area contributed by atoms with Gasteiger partial charge in [-0.15, -0.1) is 0 Å². The number of hydrogen-bond donors (Lipinski definition) is 1. The molecule has 0 amide bonds. The van der Waals surface area contributed by atoms with Gasteiger partial charge in [0.05, 0.1) is 5.69 Å². The van der Waals surface area contributed by atoms with Crippen molar-refractivity contribution in [1.82, 2.24) is 0 Å². The van der Waals surface area contributed by atoms with E-state index in [4.69, 9.17) is 4.42 Å². The van der Waals surface area contributed by atoms with Gasteiger partial charge in [0.2, 0.25) is 0 Å². The zero-order valence-electron chi connectivity index (χ0n) is 18.5. The Balaban J connectivity index is 1.57. The molecule has 2 nitrogen and oxygen atoms in total. The minimum absolute atomic E-state index is 0.880. The van der Waals surface area contributed by atoms with Gasteiger partial charge in [0.25, 0.3) is 0 Å². The van der Waals surface area contributed by atoms with Crippen LogP contribution in [0.1, 0.15) is 0 Å². The Morgan fingerprint density at radius 1 is 0.441 bits per heavy atom. The first kappa shape index (κ1) is 19.0. The molecule has 0 atom stereocenters. The minimum atomic E-state index is 0.880. The zero-order chi connectivity index (χ0) is 22.5. The Kier molecular flexibility index (Phi) is 4.18. The van der Waals surface area contributed by atoms with Gasteiger partial charge in [-0.2, -0.15) is 0 Å². The summed E-state index contributed by atoms with van der Waals surface area (Å²) < 4.78 is 6.74. The van der Waals surface area contributed by atoms with E-state index >= 15 is 0 Å². The predicted molar refractivity (Wildman–Crippen MR) is 144 cm³/mol. The highest BCUT2D eigenvalue weighted by Crippen LogP contribution is 2.43. The van der Waals surface area contributed by atoms with Crippen LogP contribution in [0.25, 0.3) is 54.6 Å². The number of furan rings is 1. The minimum Gasteiger partial charge on any atom is -0.453 e. The second-order valence-electron chi connectivity index (χ2n) is 8.65. The van der Waals surface area contributed by atoms with Crippen molar-refractivity contribution in [2.75, 3.05) is 5.32 Å². The third kappa shape index (κ3) is 2.89. The number of benzene rings is 6. The van der Waals surface area contributed by atoms with Crippen LogP contribution in [0.4, 0.5) is 11.4 Å². The molecule has 0 aliphatic rings. The highest BCUT2D eigenvalue weighted by Gasteiger charge is 2.18. The fourth-order valence-electron chi connectivity index (χ4n) is 5.06. The second-order valence-corrected chi connectivity index (χ2v) is 8.65. The van der Waals surface area contributed by atoms with E-state index in [0.29, 0.717) is 0 Å². The van der Waals surface area contributed by atoms with Gasteiger partial charge in [0, 0.05) is 27.4 Å². The van der Waals surface area contributed by atoms with E-state index in [1.165, 1.54) is 21.7 Å². The van der Waals surface area contributed by atoms with Gasteiger partial charge in [-0.25, -0.2) is 0 Å². The van der Waals surface area contributed by atoms with Crippen molar-refractivity contribution in [2.24, 2.45) is 0 Å². The molecule has 7 aromatic rings. The maximum atomic E-state index is 6.74. The summed E-state index contributed by atoms with van der Waals surface area (Å²) in [5.74, 6) is 0. The van der Waals surface area contributed by atoms with Crippen molar-refractivity contribution in [2.45, 2.75) is 0 Å². The molecule has 0 unspecified atom stereocenters. The van der Waals surface area contributed by atoms with Gasteiger partial charge in [-0.1, -0.05) is 103 Å². The van der Waals surface area contributed by atoms with Crippen LogP contribution in [0, 0.1) is 0 Å². The Morgan fingerprint density at radius 2 is 1.09 bits per heavy atom. The number of rotatable bonds is 3. The predicted octanol–water partition coefficient (Wildman–Crippen LogP) is 9.30. The van der Waals surface area contributed by atoms with Crippen molar-refractivity contribution in [3.05, 3.63) is 121 Å². The number of para-hydroxylation sites is 2. The summed E-state index contributed by atoms with van der Waals surface area (Å²) in [6.45, 7) is 0. The monoisotopic (exact) mass is 435 g/mol. The SMILES string of the molecule is c1ccc(Nc2c3ccccc3cc3c2oc2c(-c4cccc5ccccc45)cccc23)cc1. The first-order valence-corrected chi connectivity index (χ1v) is 11.5. The smallest absolute Gasteiger partial charge is 0.159 e. The standard InChI is InChI=1S/C32H21NO/c1-2-13-23(14-3-1)33-30-25-16-7-5-11-22(25)20-29-28-19-9-18-27(31(28)34-32(29)30)26-17-8-12-21-10-4-6-15-24(21)26/h1-20,33H. The molecular weight excluding hydrogens is 414 g/mol. The van der Waals surface area contributed by atoms with Crippen molar-refractivity contribution in [1.29, 1.82) is 0 Å². The molecule has 1 N–H and O–H groups in total. The summed E-state index contributed by atoms with van der Waals surface area (Å²) in [7, 11) is 0. The van der Waals surface area contributed by atoms with Crippen LogP contribution in [0.2, 0.25) is 0 Å².